The Balaban J connectivity index is 1.18. The van der Waals surface area contributed by atoms with Gasteiger partial charge in [-0.05, 0) is 67.8 Å². The van der Waals surface area contributed by atoms with Gasteiger partial charge in [0.05, 0.1) is 28.7 Å². The maximum Gasteiger partial charge on any atom is 0.264 e. The van der Waals surface area contributed by atoms with Gasteiger partial charge in [-0.25, -0.2) is 9.98 Å². The third-order valence-corrected chi connectivity index (χ3v) is 8.15. The molecule has 186 valence electrons. The molecule has 0 spiro atoms. The van der Waals surface area contributed by atoms with Gasteiger partial charge in [-0.3, -0.25) is 9.69 Å². The van der Waals surface area contributed by atoms with Crippen molar-refractivity contribution in [3.05, 3.63) is 39.7 Å². The van der Waals surface area contributed by atoms with Crippen LogP contribution in [0.4, 0.5) is 10.8 Å². The molecule has 0 unspecified atom stereocenters. The fourth-order valence-corrected chi connectivity index (χ4v) is 6.07. The van der Waals surface area contributed by atoms with E-state index in [0.29, 0.717) is 16.7 Å². The first-order valence-electron chi connectivity index (χ1n) is 12.2. The maximum atomic E-state index is 12.5. The van der Waals surface area contributed by atoms with E-state index >= 15 is 0 Å². The molecule has 0 atom stereocenters. The van der Waals surface area contributed by atoms with E-state index in [9.17, 15) is 4.79 Å². The number of aliphatic imine (C=N–C) groups is 1. The summed E-state index contributed by atoms with van der Waals surface area (Å²) in [7, 11) is 0. The van der Waals surface area contributed by atoms with Gasteiger partial charge in [0.1, 0.15) is 12.4 Å². The molecule has 8 nitrogen and oxygen atoms in total. The number of carbonyl (C=O) groups excluding carboxylic acids is 1. The molecule has 35 heavy (non-hydrogen) atoms. The number of rotatable bonds is 7. The van der Waals surface area contributed by atoms with Crippen LogP contribution in [0.2, 0.25) is 0 Å². The summed E-state index contributed by atoms with van der Waals surface area (Å²) < 4.78 is 11.3. The van der Waals surface area contributed by atoms with Gasteiger partial charge in [0.25, 0.3) is 5.91 Å². The zero-order valence-electron chi connectivity index (χ0n) is 20.0. The number of anilines is 1. The van der Waals surface area contributed by atoms with Crippen molar-refractivity contribution in [3.8, 4) is 5.75 Å². The molecule has 10 heteroatoms. The quantitative estimate of drug-likeness (QED) is 0.560. The Bertz CT molecular complexity index is 1100. The Hall–Kier alpha value is -2.40. The number of amides is 1. The zero-order valence-corrected chi connectivity index (χ0v) is 21.6. The van der Waals surface area contributed by atoms with Gasteiger partial charge in [0.2, 0.25) is 0 Å². The third kappa shape index (κ3) is 6.43. The summed E-state index contributed by atoms with van der Waals surface area (Å²) in [6.07, 6.45) is 7.49. The molecular weight excluding hydrogens is 482 g/mol. The fourth-order valence-electron chi connectivity index (χ4n) is 4.25. The van der Waals surface area contributed by atoms with Crippen LogP contribution in [0.1, 0.15) is 29.7 Å². The van der Waals surface area contributed by atoms with Crippen LogP contribution in [0.25, 0.3) is 6.08 Å². The molecule has 0 bridgehead atoms. The van der Waals surface area contributed by atoms with Crippen LogP contribution in [0.5, 0.6) is 5.75 Å². The molecule has 0 radical (unpaired) electrons. The van der Waals surface area contributed by atoms with Crippen molar-refractivity contribution in [1.82, 2.24) is 15.2 Å². The van der Waals surface area contributed by atoms with Gasteiger partial charge < -0.3 is 19.7 Å². The van der Waals surface area contributed by atoms with Crippen molar-refractivity contribution < 1.29 is 14.3 Å². The molecule has 1 N–H and O–H groups in total. The van der Waals surface area contributed by atoms with Crippen LogP contribution < -0.4 is 15.0 Å². The number of nitrogens with zero attached hydrogens (tertiary/aromatic N) is 4. The minimum absolute atomic E-state index is 0.123. The number of amidine groups is 1. The minimum Gasteiger partial charge on any atom is -0.492 e. The van der Waals surface area contributed by atoms with Gasteiger partial charge in [-0.1, -0.05) is 11.3 Å². The number of piperidine rings is 1. The Morgan fingerprint density at radius 1 is 1.20 bits per heavy atom. The minimum atomic E-state index is -0.123. The van der Waals surface area contributed by atoms with Crippen molar-refractivity contribution in [2.75, 3.05) is 57.4 Å². The molecule has 3 fully saturated rings. The zero-order chi connectivity index (χ0) is 24.0. The van der Waals surface area contributed by atoms with E-state index in [2.05, 4.69) is 25.1 Å². The third-order valence-electron chi connectivity index (χ3n) is 6.23. The smallest absolute Gasteiger partial charge is 0.264 e. The lowest BCUT2D eigenvalue weighted by molar-refractivity contribution is -0.115. The van der Waals surface area contributed by atoms with Gasteiger partial charge in [0, 0.05) is 38.9 Å². The Kier molecular flexibility index (Phi) is 8.02. The Morgan fingerprint density at radius 2 is 2.03 bits per heavy atom. The molecule has 3 aliphatic rings. The summed E-state index contributed by atoms with van der Waals surface area (Å²) in [5, 5.41) is 4.52. The summed E-state index contributed by atoms with van der Waals surface area (Å²) in [6.45, 7) is 9.18. The molecule has 0 aliphatic carbocycles. The summed E-state index contributed by atoms with van der Waals surface area (Å²) in [5.74, 6) is 0.709. The van der Waals surface area contributed by atoms with Crippen molar-refractivity contribution in [1.29, 1.82) is 0 Å². The van der Waals surface area contributed by atoms with E-state index in [4.69, 9.17) is 9.47 Å². The molecule has 1 aromatic carbocycles. The second-order valence-corrected chi connectivity index (χ2v) is 10.9. The summed E-state index contributed by atoms with van der Waals surface area (Å²) in [6, 6.07) is 5.87. The van der Waals surface area contributed by atoms with Crippen LogP contribution >= 0.6 is 23.1 Å². The van der Waals surface area contributed by atoms with Crippen molar-refractivity contribution in [3.63, 3.8) is 0 Å². The number of nitrogens with one attached hydrogen (secondary N) is 1. The van der Waals surface area contributed by atoms with Crippen molar-refractivity contribution >= 4 is 51.1 Å². The van der Waals surface area contributed by atoms with Crippen LogP contribution in [-0.4, -0.2) is 73.5 Å². The van der Waals surface area contributed by atoms with Crippen LogP contribution in [-0.2, 0) is 9.53 Å². The number of benzene rings is 1. The highest BCUT2D eigenvalue weighted by molar-refractivity contribution is 8.18. The van der Waals surface area contributed by atoms with E-state index in [-0.39, 0.29) is 5.91 Å². The summed E-state index contributed by atoms with van der Waals surface area (Å²) >= 11 is 3.00. The van der Waals surface area contributed by atoms with Crippen molar-refractivity contribution in [2.45, 2.75) is 26.2 Å². The predicted octanol–water partition coefficient (Wildman–Crippen LogP) is 4.04. The highest BCUT2D eigenvalue weighted by Gasteiger charge is 2.25. The van der Waals surface area contributed by atoms with E-state index < -0.39 is 0 Å². The van der Waals surface area contributed by atoms with E-state index in [1.165, 1.54) is 31.0 Å². The summed E-state index contributed by atoms with van der Waals surface area (Å²) in [5.41, 5.74) is 1.82. The number of morpholine rings is 1. The Labute approximate surface area is 214 Å². The van der Waals surface area contributed by atoms with Crippen LogP contribution in [0, 0.1) is 6.92 Å². The van der Waals surface area contributed by atoms with E-state index in [1.54, 1.807) is 11.3 Å². The lowest BCUT2D eigenvalue weighted by Crippen LogP contribution is -2.38. The normalized spacial score (nSPS) is 21.6. The molecule has 0 saturated carbocycles. The number of aryl methyl sites for hydroxylation is 1. The second-order valence-electron chi connectivity index (χ2n) is 8.83. The second kappa shape index (κ2) is 11.6. The van der Waals surface area contributed by atoms with E-state index in [1.807, 2.05) is 37.4 Å². The van der Waals surface area contributed by atoms with E-state index in [0.717, 1.165) is 72.9 Å². The lowest BCUT2D eigenvalue weighted by Gasteiger charge is -2.26. The van der Waals surface area contributed by atoms with Crippen LogP contribution in [0.3, 0.4) is 0 Å². The van der Waals surface area contributed by atoms with Gasteiger partial charge in [-0.15, -0.1) is 0 Å². The number of thioether (sulfide) groups is 1. The topological polar surface area (TPSA) is 79.3 Å². The maximum absolute atomic E-state index is 12.5. The number of ether oxygens (including phenoxy) is 2. The number of carbonyl (C=O) groups is 1. The number of thiazole rings is 1. The van der Waals surface area contributed by atoms with Gasteiger partial charge >= 0.3 is 0 Å². The average Bonchev–Trinajstić information content (AvgIpc) is 3.48. The number of aromatic nitrogens is 1. The van der Waals surface area contributed by atoms with Gasteiger partial charge in [-0.2, -0.15) is 0 Å². The first-order chi connectivity index (χ1) is 17.1. The largest absolute Gasteiger partial charge is 0.492 e. The fraction of sp³-hybridized carbons (Fsp3) is 0.480. The predicted molar refractivity (Wildman–Crippen MR) is 143 cm³/mol. The molecule has 5 rings (SSSR count). The lowest BCUT2D eigenvalue weighted by atomic mass is 10.1. The molecule has 4 heterocycles. The monoisotopic (exact) mass is 513 g/mol. The number of hydrogen-bond acceptors (Lipinski definition) is 9. The standard InChI is InChI=1S/C25H31N5O3S2/c1-18-15-19(33-14-11-29-9-12-32-13-10-29)5-6-21(18)27-24-28-23(31)22(35-24)16-20-17-26-25(34-20)30-7-3-2-4-8-30/h5-6,15-17H,2-4,7-14H2,1H3,(H,27,28,31). The Morgan fingerprint density at radius 3 is 2.83 bits per heavy atom. The first kappa shape index (κ1) is 24.3. The molecule has 1 amide bonds. The SMILES string of the molecule is Cc1cc(OCCN2CCOCC2)ccc1N=C1NC(=O)C(=Cc2cnc(N3CCCCC3)s2)S1. The first-order valence-corrected chi connectivity index (χ1v) is 13.8. The molecule has 3 aliphatic heterocycles. The number of hydrogen-bond donors (Lipinski definition) is 1. The van der Waals surface area contributed by atoms with Crippen LogP contribution in [0.15, 0.2) is 34.3 Å². The highest BCUT2D eigenvalue weighted by Crippen LogP contribution is 2.33. The molecule has 2 aromatic rings. The average molecular weight is 514 g/mol. The van der Waals surface area contributed by atoms with Gasteiger partial charge in [0.15, 0.2) is 10.3 Å². The molecule has 1 aromatic heterocycles. The summed E-state index contributed by atoms with van der Waals surface area (Å²) in [4.78, 5) is 28.1. The highest BCUT2D eigenvalue weighted by atomic mass is 32.2. The molecular formula is C25H31N5O3S2. The van der Waals surface area contributed by atoms with Crippen molar-refractivity contribution in [2.24, 2.45) is 4.99 Å². The molecule has 3 saturated heterocycles.